The zero-order chi connectivity index (χ0) is 21.3. The summed E-state index contributed by atoms with van der Waals surface area (Å²) in [5.74, 6) is 1.11. The summed E-state index contributed by atoms with van der Waals surface area (Å²) in [7, 11) is 0.133. The Morgan fingerprint density at radius 1 is 1.27 bits per heavy atom. The molecule has 1 aromatic carbocycles. The minimum atomic E-state index is -1.51. The molecule has 3 unspecified atom stereocenters. The molecule has 9 nitrogen and oxygen atoms in total. The Labute approximate surface area is 176 Å². The van der Waals surface area contributed by atoms with Crippen molar-refractivity contribution in [1.29, 1.82) is 0 Å². The fourth-order valence-corrected chi connectivity index (χ4v) is 3.98. The number of carbonyl (C=O) groups is 1. The van der Waals surface area contributed by atoms with E-state index in [1.165, 1.54) is 6.33 Å². The van der Waals surface area contributed by atoms with Gasteiger partial charge in [-0.05, 0) is 44.0 Å². The molecule has 3 N–H and O–H groups in total. The summed E-state index contributed by atoms with van der Waals surface area (Å²) in [4.78, 5) is 15.0. The predicted octanol–water partition coefficient (Wildman–Crippen LogP) is 2.76. The average molecular weight is 431 g/mol. The van der Waals surface area contributed by atoms with E-state index in [0.29, 0.717) is 24.6 Å². The summed E-state index contributed by atoms with van der Waals surface area (Å²) >= 11 is 0. The highest BCUT2D eigenvalue weighted by atomic mass is 31.2. The molecule has 10 heteroatoms. The van der Waals surface area contributed by atoms with Crippen molar-refractivity contribution >= 4 is 26.1 Å². The molecular weight excluding hydrogens is 405 g/mol. The van der Waals surface area contributed by atoms with Crippen molar-refractivity contribution in [3.63, 3.8) is 0 Å². The Bertz CT molecular complexity index is 939. The van der Waals surface area contributed by atoms with Crippen molar-refractivity contribution < 1.29 is 18.6 Å². The molecule has 3 atom stereocenters. The molecule has 0 aliphatic heterocycles. The van der Waals surface area contributed by atoms with Crippen LogP contribution in [-0.4, -0.2) is 46.7 Å². The minimum absolute atomic E-state index is 0.160. The van der Waals surface area contributed by atoms with Crippen molar-refractivity contribution in [2.45, 2.75) is 31.9 Å². The van der Waals surface area contributed by atoms with Crippen LogP contribution in [0.2, 0.25) is 0 Å². The number of aryl methyl sites for hydroxylation is 1. The first-order valence-corrected chi connectivity index (χ1v) is 10.8. The maximum absolute atomic E-state index is 11.0. The van der Waals surface area contributed by atoms with E-state index >= 15 is 0 Å². The molecule has 2 aromatic heterocycles. The fourth-order valence-electron chi connectivity index (χ4n) is 2.79. The lowest BCUT2D eigenvalue weighted by Crippen LogP contribution is -2.27. The van der Waals surface area contributed by atoms with Gasteiger partial charge in [-0.15, -0.1) is 0 Å². The molecule has 0 aliphatic carbocycles. The van der Waals surface area contributed by atoms with E-state index in [0.717, 1.165) is 23.9 Å². The molecule has 0 fully saturated rings. The Balaban J connectivity index is 1.58. The number of nitrogens with zero attached hydrogens (tertiary/aromatic N) is 3. The molecular formula is C20H26N5O4P. The lowest BCUT2D eigenvalue weighted by atomic mass is 10.1. The van der Waals surface area contributed by atoms with E-state index < -0.39 is 14.6 Å². The number of nitrogens with one attached hydrogen (secondary N) is 1. The predicted molar refractivity (Wildman–Crippen MR) is 115 cm³/mol. The monoisotopic (exact) mass is 431 g/mol. The largest absolute Gasteiger partial charge is 0.436 e. The minimum Gasteiger partial charge on any atom is -0.436 e. The van der Waals surface area contributed by atoms with Crippen LogP contribution in [0, 0.1) is 0 Å². The Morgan fingerprint density at radius 3 is 2.80 bits per heavy atom. The zero-order valence-electron chi connectivity index (χ0n) is 17.0. The summed E-state index contributed by atoms with van der Waals surface area (Å²) < 4.78 is 19.2. The number of hydrogen-bond donors (Lipinski definition) is 2. The number of aldehydes is 1. The molecule has 0 saturated carbocycles. The SMILES string of the molecule is COC(CCc1ccc2c(N)ncnn12)COP(NC(C)C=O)Oc1ccccc1. The van der Waals surface area contributed by atoms with Gasteiger partial charge in [-0.2, -0.15) is 5.10 Å². The van der Waals surface area contributed by atoms with Crippen LogP contribution in [-0.2, 0) is 20.5 Å². The first-order valence-electron chi connectivity index (χ1n) is 9.58. The second-order valence-corrected chi connectivity index (χ2v) is 7.89. The summed E-state index contributed by atoms with van der Waals surface area (Å²) in [6.07, 6.45) is 3.53. The van der Waals surface area contributed by atoms with Crippen molar-refractivity contribution in [2.75, 3.05) is 19.5 Å². The number of anilines is 1. The maximum Gasteiger partial charge on any atom is 0.318 e. The van der Waals surface area contributed by atoms with Crippen LogP contribution in [0.1, 0.15) is 19.0 Å². The van der Waals surface area contributed by atoms with E-state index in [9.17, 15) is 4.79 Å². The van der Waals surface area contributed by atoms with E-state index in [4.69, 9.17) is 19.5 Å². The topological polar surface area (TPSA) is 113 Å². The van der Waals surface area contributed by atoms with Gasteiger partial charge in [0.05, 0.1) is 18.8 Å². The normalized spacial score (nSPS) is 14.3. The lowest BCUT2D eigenvalue weighted by molar-refractivity contribution is -0.108. The fraction of sp³-hybridized carbons (Fsp3) is 0.350. The second-order valence-electron chi connectivity index (χ2n) is 6.67. The van der Waals surface area contributed by atoms with Crippen LogP contribution in [0.5, 0.6) is 5.75 Å². The highest BCUT2D eigenvalue weighted by molar-refractivity contribution is 7.45. The van der Waals surface area contributed by atoms with Gasteiger partial charge in [0.15, 0.2) is 5.82 Å². The Morgan fingerprint density at radius 2 is 2.07 bits per heavy atom. The van der Waals surface area contributed by atoms with Crippen LogP contribution < -0.4 is 15.3 Å². The number of nitrogen functional groups attached to an aromatic ring is 1. The average Bonchev–Trinajstić information content (AvgIpc) is 3.19. The van der Waals surface area contributed by atoms with E-state index in [1.807, 2.05) is 42.5 Å². The van der Waals surface area contributed by atoms with Gasteiger partial charge in [-0.25, -0.2) is 14.6 Å². The van der Waals surface area contributed by atoms with Crippen molar-refractivity contribution in [3.05, 3.63) is 54.5 Å². The number of hydrogen-bond acceptors (Lipinski definition) is 8. The molecule has 0 saturated heterocycles. The lowest BCUT2D eigenvalue weighted by Gasteiger charge is -2.22. The third-order valence-electron chi connectivity index (χ3n) is 4.44. The first-order chi connectivity index (χ1) is 14.6. The quantitative estimate of drug-likeness (QED) is 0.333. The van der Waals surface area contributed by atoms with Gasteiger partial charge in [0.25, 0.3) is 0 Å². The third-order valence-corrected chi connectivity index (χ3v) is 5.82. The molecule has 0 spiro atoms. The number of carbonyl (C=O) groups excluding carboxylic acids is 1. The van der Waals surface area contributed by atoms with Gasteiger partial charge in [-0.3, -0.25) is 0 Å². The standard InChI is InChI=1S/C20H26N5O4P/c1-15(12-26)24-30(29-17-6-4-3-5-7-17)28-13-18(27-2)10-8-16-9-11-19-20(21)22-14-23-25(16)19/h3-7,9,11-12,14-15,18,24H,8,10,13H2,1-2H3,(H2,21,22,23). The molecule has 3 rings (SSSR count). The third kappa shape index (κ3) is 5.96. The zero-order valence-corrected chi connectivity index (χ0v) is 17.9. The van der Waals surface area contributed by atoms with Gasteiger partial charge < -0.3 is 24.3 Å². The second kappa shape index (κ2) is 11.0. The van der Waals surface area contributed by atoms with Gasteiger partial charge >= 0.3 is 8.53 Å². The highest BCUT2D eigenvalue weighted by Crippen LogP contribution is 2.36. The molecule has 2 heterocycles. The molecule has 0 aliphatic rings. The number of benzene rings is 1. The van der Waals surface area contributed by atoms with Crippen LogP contribution in [0.3, 0.4) is 0 Å². The van der Waals surface area contributed by atoms with Crippen LogP contribution in [0.15, 0.2) is 48.8 Å². The number of methoxy groups -OCH3 is 1. The van der Waals surface area contributed by atoms with Gasteiger partial charge in [0.2, 0.25) is 0 Å². The summed E-state index contributed by atoms with van der Waals surface area (Å²) in [6.45, 7) is 2.06. The smallest absolute Gasteiger partial charge is 0.318 e. The molecule has 0 amide bonds. The van der Waals surface area contributed by atoms with Gasteiger partial charge in [0.1, 0.15) is 23.9 Å². The Hall–Kier alpha value is -2.58. The number of nitrogens with two attached hydrogens (primary N) is 1. The molecule has 160 valence electrons. The van der Waals surface area contributed by atoms with E-state index in [2.05, 4.69) is 15.2 Å². The van der Waals surface area contributed by atoms with Crippen LogP contribution in [0.25, 0.3) is 5.52 Å². The number of fused-ring (bicyclic) bond motifs is 1. The van der Waals surface area contributed by atoms with Crippen molar-refractivity contribution in [1.82, 2.24) is 19.7 Å². The molecule has 0 bridgehead atoms. The van der Waals surface area contributed by atoms with Crippen molar-refractivity contribution in [3.8, 4) is 5.75 Å². The van der Waals surface area contributed by atoms with Crippen LogP contribution >= 0.6 is 8.53 Å². The Kier molecular flexibility index (Phi) is 8.10. The number of rotatable bonds is 12. The molecule has 30 heavy (non-hydrogen) atoms. The van der Waals surface area contributed by atoms with Crippen molar-refractivity contribution in [2.24, 2.45) is 0 Å². The summed E-state index contributed by atoms with van der Waals surface area (Å²) in [5, 5.41) is 7.32. The van der Waals surface area contributed by atoms with E-state index in [-0.39, 0.29) is 6.10 Å². The number of ether oxygens (including phenoxy) is 1. The van der Waals surface area contributed by atoms with E-state index in [1.54, 1.807) is 18.5 Å². The number of aromatic nitrogens is 3. The highest BCUT2D eigenvalue weighted by Gasteiger charge is 2.19. The maximum atomic E-state index is 11.0. The van der Waals surface area contributed by atoms with Gasteiger partial charge in [-0.1, -0.05) is 18.2 Å². The van der Waals surface area contributed by atoms with Gasteiger partial charge in [0, 0.05) is 12.8 Å². The summed E-state index contributed by atoms with van der Waals surface area (Å²) in [6, 6.07) is 12.8. The number of para-hydroxylation sites is 1. The summed E-state index contributed by atoms with van der Waals surface area (Å²) in [5.41, 5.74) is 7.68. The van der Waals surface area contributed by atoms with Crippen LogP contribution in [0.4, 0.5) is 5.82 Å². The molecule has 0 radical (unpaired) electrons. The molecule has 3 aromatic rings. The first kappa shape index (κ1) is 22.1.